The number of hydrogen-bond acceptors (Lipinski definition) is 1. The van der Waals surface area contributed by atoms with Crippen LogP contribution in [0.5, 0.6) is 0 Å². The molecular formula is C9H20ClN. The molecule has 0 radical (unpaired) electrons. The third-order valence-electron chi connectivity index (χ3n) is 1.91. The lowest BCUT2D eigenvalue weighted by atomic mass is 10.1. The Labute approximate surface area is 75.5 Å². The van der Waals surface area contributed by atoms with Crippen LogP contribution in [0.3, 0.4) is 0 Å². The summed E-state index contributed by atoms with van der Waals surface area (Å²) in [6, 6.07) is 0. The zero-order valence-electron chi connectivity index (χ0n) is 7.86. The quantitative estimate of drug-likeness (QED) is 0.486. The van der Waals surface area contributed by atoms with Crippen molar-refractivity contribution in [3.8, 4) is 0 Å². The molecule has 0 fully saturated rings. The van der Waals surface area contributed by atoms with Gasteiger partial charge in [-0.2, -0.15) is 0 Å². The van der Waals surface area contributed by atoms with Crippen LogP contribution in [0.4, 0.5) is 0 Å². The van der Waals surface area contributed by atoms with Gasteiger partial charge in [0.2, 0.25) is 0 Å². The second kappa shape index (κ2) is 6.93. The van der Waals surface area contributed by atoms with Crippen molar-refractivity contribution in [3.05, 3.63) is 0 Å². The molecule has 0 aliphatic heterocycles. The summed E-state index contributed by atoms with van der Waals surface area (Å²) in [5, 5.41) is 3.69. The van der Waals surface area contributed by atoms with E-state index in [2.05, 4.69) is 19.2 Å². The number of alkyl halides is 1. The molecule has 0 aromatic heterocycles. The van der Waals surface area contributed by atoms with Crippen molar-refractivity contribution in [3.63, 3.8) is 0 Å². The van der Waals surface area contributed by atoms with Crippen LogP contribution >= 0.6 is 11.6 Å². The Bertz CT molecular complexity index is 83.6. The van der Waals surface area contributed by atoms with E-state index in [1.54, 1.807) is 0 Å². The molecule has 2 unspecified atom stereocenters. The Morgan fingerprint density at radius 2 is 2.00 bits per heavy atom. The molecule has 0 amide bonds. The molecule has 0 saturated heterocycles. The van der Waals surface area contributed by atoms with Crippen molar-refractivity contribution >= 4 is 11.6 Å². The van der Waals surface area contributed by atoms with Gasteiger partial charge in [-0.3, -0.25) is 0 Å². The normalized spacial score (nSPS) is 16.4. The van der Waals surface area contributed by atoms with E-state index >= 15 is 0 Å². The summed E-state index contributed by atoms with van der Waals surface area (Å²) < 4.78 is 0. The van der Waals surface area contributed by atoms with Crippen molar-refractivity contribution in [2.45, 2.75) is 39.0 Å². The van der Waals surface area contributed by atoms with E-state index in [4.69, 9.17) is 11.6 Å². The average molecular weight is 178 g/mol. The van der Waals surface area contributed by atoms with E-state index in [0.29, 0.717) is 5.38 Å². The summed E-state index contributed by atoms with van der Waals surface area (Å²) in [4.78, 5) is 0. The molecule has 68 valence electrons. The number of rotatable bonds is 6. The smallest absolute Gasteiger partial charge is 0.0319 e. The van der Waals surface area contributed by atoms with Crippen molar-refractivity contribution in [1.82, 2.24) is 5.32 Å². The monoisotopic (exact) mass is 177 g/mol. The largest absolute Gasteiger partial charge is 0.316 e. The third-order valence-corrected chi connectivity index (χ3v) is 2.13. The van der Waals surface area contributed by atoms with Crippen LogP contribution in [0.15, 0.2) is 0 Å². The topological polar surface area (TPSA) is 12.0 Å². The lowest BCUT2D eigenvalue weighted by molar-refractivity contribution is 0.495. The Balaban J connectivity index is 3.01. The first kappa shape index (κ1) is 11.2. The van der Waals surface area contributed by atoms with Crippen molar-refractivity contribution in [2.24, 2.45) is 5.92 Å². The van der Waals surface area contributed by atoms with Crippen LogP contribution in [-0.4, -0.2) is 18.5 Å². The molecule has 0 aromatic carbocycles. The van der Waals surface area contributed by atoms with Crippen LogP contribution in [0, 0.1) is 5.92 Å². The molecule has 1 nitrogen and oxygen atoms in total. The summed E-state index contributed by atoms with van der Waals surface area (Å²) in [6.45, 7) is 8.69. The molecule has 0 spiro atoms. The van der Waals surface area contributed by atoms with Crippen molar-refractivity contribution in [2.75, 3.05) is 13.1 Å². The van der Waals surface area contributed by atoms with Gasteiger partial charge in [0.25, 0.3) is 0 Å². The maximum absolute atomic E-state index is 5.79. The SMILES string of the molecule is CCC(C)CNCCC(C)Cl. The molecule has 0 aromatic rings. The first-order chi connectivity index (χ1) is 5.16. The predicted octanol–water partition coefficient (Wildman–Crippen LogP) is 2.64. The zero-order valence-corrected chi connectivity index (χ0v) is 8.62. The highest BCUT2D eigenvalue weighted by molar-refractivity contribution is 6.20. The number of halogens is 1. The maximum atomic E-state index is 5.79. The molecule has 2 heteroatoms. The van der Waals surface area contributed by atoms with Crippen LogP contribution in [-0.2, 0) is 0 Å². The van der Waals surface area contributed by atoms with Crippen LogP contribution in [0.2, 0.25) is 0 Å². The van der Waals surface area contributed by atoms with Gasteiger partial charge < -0.3 is 5.32 Å². The molecule has 2 atom stereocenters. The van der Waals surface area contributed by atoms with Gasteiger partial charge in [0.05, 0.1) is 0 Å². The molecule has 0 saturated carbocycles. The second-order valence-electron chi connectivity index (χ2n) is 3.29. The average Bonchev–Trinajstić information content (AvgIpc) is 1.97. The Morgan fingerprint density at radius 3 is 2.45 bits per heavy atom. The molecule has 0 rings (SSSR count). The van der Waals surface area contributed by atoms with Gasteiger partial charge in [0.1, 0.15) is 0 Å². The lowest BCUT2D eigenvalue weighted by Gasteiger charge is -2.10. The van der Waals surface area contributed by atoms with Gasteiger partial charge in [-0.05, 0) is 32.4 Å². The van der Waals surface area contributed by atoms with E-state index in [1.165, 1.54) is 6.42 Å². The summed E-state index contributed by atoms with van der Waals surface area (Å²) in [5.74, 6) is 0.792. The molecule has 0 bridgehead atoms. The summed E-state index contributed by atoms with van der Waals surface area (Å²) in [5.41, 5.74) is 0. The summed E-state index contributed by atoms with van der Waals surface area (Å²) in [7, 11) is 0. The minimum atomic E-state index is 0.305. The van der Waals surface area contributed by atoms with Crippen molar-refractivity contribution < 1.29 is 0 Å². The highest BCUT2D eigenvalue weighted by Gasteiger charge is 1.98. The Morgan fingerprint density at radius 1 is 1.36 bits per heavy atom. The first-order valence-corrected chi connectivity index (χ1v) is 4.95. The molecule has 11 heavy (non-hydrogen) atoms. The standard InChI is InChI=1S/C9H20ClN/c1-4-8(2)7-11-6-5-9(3)10/h8-9,11H,4-7H2,1-3H3. The number of hydrogen-bond donors (Lipinski definition) is 1. The van der Waals surface area contributed by atoms with Gasteiger partial charge in [0, 0.05) is 5.38 Å². The molecule has 0 aliphatic carbocycles. The van der Waals surface area contributed by atoms with E-state index in [0.717, 1.165) is 25.4 Å². The first-order valence-electron chi connectivity index (χ1n) is 4.51. The molecular weight excluding hydrogens is 158 g/mol. The van der Waals surface area contributed by atoms with Gasteiger partial charge in [0.15, 0.2) is 0 Å². The van der Waals surface area contributed by atoms with Gasteiger partial charge in [-0.25, -0.2) is 0 Å². The maximum Gasteiger partial charge on any atom is 0.0319 e. The van der Waals surface area contributed by atoms with Gasteiger partial charge in [-0.15, -0.1) is 11.6 Å². The van der Waals surface area contributed by atoms with E-state index in [9.17, 15) is 0 Å². The fourth-order valence-corrected chi connectivity index (χ4v) is 0.903. The number of nitrogens with one attached hydrogen (secondary N) is 1. The molecule has 1 N–H and O–H groups in total. The fourth-order valence-electron chi connectivity index (χ4n) is 0.794. The van der Waals surface area contributed by atoms with E-state index < -0.39 is 0 Å². The summed E-state index contributed by atoms with van der Waals surface area (Å²) in [6.07, 6.45) is 2.32. The van der Waals surface area contributed by atoms with Gasteiger partial charge in [-0.1, -0.05) is 20.3 Å². The predicted molar refractivity (Wildman–Crippen MR) is 52.3 cm³/mol. The Kier molecular flexibility index (Phi) is 7.09. The van der Waals surface area contributed by atoms with E-state index in [1.807, 2.05) is 6.92 Å². The summed E-state index contributed by atoms with van der Waals surface area (Å²) >= 11 is 5.79. The second-order valence-corrected chi connectivity index (χ2v) is 4.03. The van der Waals surface area contributed by atoms with Crippen LogP contribution < -0.4 is 5.32 Å². The Hall–Kier alpha value is 0.250. The zero-order chi connectivity index (χ0) is 8.69. The van der Waals surface area contributed by atoms with Crippen LogP contribution in [0.1, 0.15) is 33.6 Å². The minimum absolute atomic E-state index is 0.305. The highest BCUT2D eigenvalue weighted by atomic mass is 35.5. The lowest BCUT2D eigenvalue weighted by Crippen LogP contribution is -2.23. The van der Waals surface area contributed by atoms with Gasteiger partial charge >= 0.3 is 0 Å². The fraction of sp³-hybridized carbons (Fsp3) is 1.00. The minimum Gasteiger partial charge on any atom is -0.316 e. The highest BCUT2D eigenvalue weighted by Crippen LogP contribution is 1.99. The van der Waals surface area contributed by atoms with Crippen molar-refractivity contribution in [1.29, 1.82) is 0 Å². The third kappa shape index (κ3) is 8.15. The van der Waals surface area contributed by atoms with E-state index in [-0.39, 0.29) is 0 Å². The van der Waals surface area contributed by atoms with Crippen LogP contribution in [0.25, 0.3) is 0 Å². The molecule has 0 heterocycles. The molecule has 0 aliphatic rings.